The fraction of sp³-hybridized carbons (Fsp3) is 0.471. The van der Waals surface area contributed by atoms with E-state index in [9.17, 15) is 4.79 Å². The molecule has 0 radical (unpaired) electrons. The van der Waals surface area contributed by atoms with Gasteiger partial charge in [0.2, 0.25) is 0 Å². The predicted molar refractivity (Wildman–Crippen MR) is 83.6 cm³/mol. The topological polar surface area (TPSA) is 47.8 Å². The van der Waals surface area contributed by atoms with Crippen molar-refractivity contribution in [2.24, 2.45) is 0 Å². The van der Waals surface area contributed by atoms with Crippen molar-refractivity contribution in [1.29, 1.82) is 0 Å². The van der Waals surface area contributed by atoms with E-state index in [-0.39, 0.29) is 5.78 Å². The van der Waals surface area contributed by atoms with Crippen molar-refractivity contribution in [3.05, 3.63) is 47.0 Å². The Hall–Kier alpha value is -1.97. The lowest BCUT2D eigenvalue weighted by Gasteiger charge is -2.12. The lowest BCUT2D eigenvalue weighted by Crippen LogP contribution is -2.10. The van der Waals surface area contributed by atoms with Crippen LogP contribution in [0.1, 0.15) is 60.2 Å². The van der Waals surface area contributed by atoms with Crippen LogP contribution in [0.15, 0.2) is 24.4 Å². The van der Waals surface area contributed by atoms with Crippen LogP contribution in [0.25, 0.3) is 0 Å². The van der Waals surface area contributed by atoms with Gasteiger partial charge in [0.1, 0.15) is 0 Å². The van der Waals surface area contributed by atoms with Gasteiger partial charge in [-0.25, -0.2) is 0 Å². The highest BCUT2D eigenvalue weighted by Crippen LogP contribution is 2.16. The monoisotopic (exact) mass is 285 g/mol. The van der Waals surface area contributed by atoms with Crippen LogP contribution in [-0.2, 0) is 6.42 Å². The van der Waals surface area contributed by atoms with E-state index in [1.54, 1.807) is 0 Å². The Morgan fingerprint density at radius 1 is 1.19 bits per heavy atom. The lowest BCUT2D eigenvalue weighted by atomic mass is 10.1. The standard InChI is InChI=1S/C17H23N3O/c1-5-15(6-2)20-10-9-14(19-20)11-17(21)16-8-7-12(3)18-13(16)4/h7-10,15H,5-6,11H2,1-4H3. The number of aryl methyl sites for hydroxylation is 2. The molecule has 0 amide bonds. The van der Waals surface area contributed by atoms with Crippen LogP contribution in [0.4, 0.5) is 0 Å². The summed E-state index contributed by atoms with van der Waals surface area (Å²) in [7, 11) is 0. The van der Waals surface area contributed by atoms with Gasteiger partial charge in [0.15, 0.2) is 5.78 Å². The SMILES string of the molecule is CCC(CC)n1ccc(CC(=O)c2ccc(C)nc2C)n1. The predicted octanol–water partition coefficient (Wildman–Crippen LogP) is 3.68. The van der Waals surface area contributed by atoms with Crippen LogP contribution in [0.3, 0.4) is 0 Å². The minimum Gasteiger partial charge on any atom is -0.294 e. The van der Waals surface area contributed by atoms with E-state index in [1.165, 1.54) is 0 Å². The summed E-state index contributed by atoms with van der Waals surface area (Å²) < 4.78 is 1.98. The molecule has 2 rings (SSSR count). The summed E-state index contributed by atoms with van der Waals surface area (Å²) in [5.41, 5.74) is 3.24. The molecule has 112 valence electrons. The van der Waals surface area contributed by atoms with Crippen LogP contribution in [-0.4, -0.2) is 20.5 Å². The highest BCUT2D eigenvalue weighted by atomic mass is 16.1. The Morgan fingerprint density at radius 2 is 1.90 bits per heavy atom. The first-order chi connectivity index (χ1) is 10.0. The maximum absolute atomic E-state index is 12.4. The van der Waals surface area contributed by atoms with E-state index in [4.69, 9.17) is 0 Å². The van der Waals surface area contributed by atoms with Gasteiger partial charge in [0, 0.05) is 23.1 Å². The highest BCUT2D eigenvalue weighted by molar-refractivity contribution is 5.98. The van der Waals surface area contributed by atoms with Gasteiger partial charge < -0.3 is 0 Å². The summed E-state index contributed by atoms with van der Waals surface area (Å²) in [6.07, 6.45) is 4.40. The van der Waals surface area contributed by atoms with Crippen molar-refractivity contribution in [2.45, 2.75) is 53.0 Å². The number of carbonyl (C=O) groups is 1. The van der Waals surface area contributed by atoms with E-state index in [0.29, 0.717) is 18.0 Å². The molecule has 0 N–H and O–H groups in total. The van der Waals surface area contributed by atoms with E-state index in [0.717, 1.165) is 29.9 Å². The van der Waals surface area contributed by atoms with Crippen molar-refractivity contribution in [3.8, 4) is 0 Å². The van der Waals surface area contributed by atoms with Crippen LogP contribution in [0, 0.1) is 13.8 Å². The Kier molecular flexibility index (Phi) is 4.89. The van der Waals surface area contributed by atoms with Gasteiger partial charge in [0.05, 0.1) is 18.2 Å². The zero-order chi connectivity index (χ0) is 15.4. The molecular formula is C17H23N3O. The summed E-state index contributed by atoms with van der Waals surface area (Å²) in [6, 6.07) is 6.09. The Labute approximate surface area is 126 Å². The van der Waals surface area contributed by atoms with Gasteiger partial charge in [-0.05, 0) is 44.9 Å². The number of Topliss-reactive ketones (excluding diaryl/α,β-unsaturated/α-hetero) is 1. The van der Waals surface area contributed by atoms with Crippen LogP contribution < -0.4 is 0 Å². The number of nitrogens with zero attached hydrogens (tertiary/aromatic N) is 3. The van der Waals surface area contributed by atoms with Gasteiger partial charge in [-0.2, -0.15) is 5.10 Å². The van der Waals surface area contributed by atoms with E-state index in [2.05, 4.69) is 23.9 Å². The summed E-state index contributed by atoms with van der Waals surface area (Å²) in [4.78, 5) is 16.7. The van der Waals surface area contributed by atoms with E-state index in [1.807, 2.05) is 42.9 Å². The second-order valence-electron chi connectivity index (χ2n) is 5.44. The van der Waals surface area contributed by atoms with Gasteiger partial charge in [-0.1, -0.05) is 13.8 Å². The summed E-state index contributed by atoms with van der Waals surface area (Å²) in [5.74, 6) is 0.0785. The molecule has 21 heavy (non-hydrogen) atoms. The van der Waals surface area contributed by atoms with E-state index >= 15 is 0 Å². The number of ketones is 1. The van der Waals surface area contributed by atoms with Crippen molar-refractivity contribution in [3.63, 3.8) is 0 Å². The summed E-state index contributed by atoms with van der Waals surface area (Å²) in [6.45, 7) is 8.12. The third-order valence-electron chi connectivity index (χ3n) is 3.85. The molecular weight excluding hydrogens is 262 g/mol. The van der Waals surface area contributed by atoms with Crippen molar-refractivity contribution >= 4 is 5.78 Å². The molecule has 0 saturated carbocycles. The molecule has 0 aliphatic heterocycles. The van der Waals surface area contributed by atoms with Crippen LogP contribution >= 0.6 is 0 Å². The molecule has 0 unspecified atom stereocenters. The Balaban J connectivity index is 2.13. The maximum Gasteiger partial charge on any atom is 0.170 e. The molecule has 0 spiro atoms. The van der Waals surface area contributed by atoms with Crippen LogP contribution in [0.5, 0.6) is 0 Å². The number of hydrogen-bond donors (Lipinski definition) is 0. The molecule has 0 bridgehead atoms. The number of pyridine rings is 1. The molecule has 0 aliphatic rings. The lowest BCUT2D eigenvalue weighted by molar-refractivity contribution is 0.0990. The Morgan fingerprint density at radius 3 is 2.52 bits per heavy atom. The Bertz CT molecular complexity index is 627. The number of rotatable bonds is 6. The van der Waals surface area contributed by atoms with Gasteiger partial charge in [-0.3, -0.25) is 14.5 Å². The third kappa shape index (κ3) is 3.57. The quantitative estimate of drug-likeness (QED) is 0.761. The smallest absolute Gasteiger partial charge is 0.170 e. The second-order valence-corrected chi connectivity index (χ2v) is 5.44. The molecule has 0 saturated heterocycles. The van der Waals surface area contributed by atoms with Gasteiger partial charge in [0.25, 0.3) is 0 Å². The van der Waals surface area contributed by atoms with E-state index < -0.39 is 0 Å². The molecule has 2 aromatic rings. The molecule has 0 fully saturated rings. The zero-order valence-electron chi connectivity index (χ0n) is 13.3. The zero-order valence-corrected chi connectivity index (χ0v) is 13.3. The first-order valence-electron chi connectivity index (χ1n) is 7.56. The number of carbonyl (C=O) groups excluding carboxylic acids is 1. The average molecular weight is 285 g/mol. The first kappa shape index (κ1) is 15.4. The average Bonchev–Trinajstić information content (AvgIpc) is 2.88. The molecule has 4 nitrogen and oxygen atoms in total. The van der Waals surface area contributed by atoms with Gasteiger partial charge >= 0.3 is 0 Å². The van der Waals surface area contributed by atoms with Crippen molar-refractivity contribution in [1.82, 2.24) is 14.8 Å². The molecule has 0 aliphatic carbocycles. The normalized spacial score (nSPS) is 11.1. The molecule has 0 aromatic carbocycles. The fourth-order valence-corrected chi connectivity index (χ4v) is 2.58. The second kappa shape index (κ2) is 6.66. The molecule has 2 aromatic heterocycles. The molecule has 0 atom stereocenters. The maximum atomic E-state index is 12.4. The summed E-state index contributed by atoms with van der Waals surface area (Å²) >= 11 is 0. The summed E-state index contributed by atoms with van der Waals surface area (Å²) in [5, 5.41) is 4.54. The highest BCUT2D eigenvalue weighted by Gasteiger charge is 2.14. The van der Waals surface area contributed by atoms with Crippen LogP contribution in [0.2, 0.25) is 0 Å². The first-order valence-corrected chi connectivity index (χ1v) is 7.56. The number of aromatic nitrogens is 3. The third-order valence-corrected chi connectivity index (χ3v) is 3.85. The largest absolute Gasteiger partial charge is 0.294 e. The molecule has 2 heterocycles. The van der Waals surface area contributed by atoms with Crippen molar-refractivity contribution in [2.75, 3.05) is 0 Å². The minimum atomic E-state index is 0.0785. The van der Waals surface area contributed by atoms with Crippen molar-refractivity contribution < 1.29 is 4.79 Å². The fourth-order valence-electron chi connectivity index (χ4n) is 2.58. The molecule has 4 heteroatoms. The van der Waals surface area contributed by atoms with Gasteiger partial charge in [-0.15, -0.1) is 0 Å². The number of hydrogen-bond acceptors (Lipinski definition) is 3. The minimum absolute atomic E-state index is 0.0785.